The molecule has 0 heterocycles. The molecule has 1 amide bonds. The molecule has 0 saturated carbocycles. The molecular formula is C11H9NO3. The molecule has 0 unspecified atom stereocenters. The second-order valence-electron chi connectivity index (χ2n) is 2.81. The van der Waals surface area contributed by atoms with Crippen molar-refractivity contribution in [2.45, 2.75) is 6.42 Å². The number of anilines is 1. The van der Waals surface area contributed by atoms with E-state index in [1.165, 1.54) is 24.3 Å². The van der Waals surface area contributed by atoms with E-state index in [1.807, 2.05) is 0 Å². The highest BCUT2D eigenvalue weighted by molar-refractivity contribution is 5.93. The van der Waals surface area contributed by atoms with Crippen molar-refractivity contribution in [2.24, 2.45) is 0 Å². The third-order valence-electron chi connectivity index (χ3n) is 1.68. The third kappa shape index (κ3) is 3.16. The van der Waals surface area contributed by atoms with Crippen LogP contribution in [-0.2, 0) is 4.79 Å². The zero-order valence-corrected chi connectivity index (χ0v) is 7.86. The normalized spacial score (nSPS) is 9.00. The van der Waals surface area contributed by atoms with Crippen molar-refractivity contribution in [1.82, 2.24) is 0 Å². The molecule has 76 valence electrons. The van der Waals surface area contributed by atoms with Crippen LogP contribution in [0.2, 0.25) is 0 Å². The van der Waals surface area contributed by atoms with E-state index in [0.29, 0.717) is 5.69 Å². The molecule has 0 aliphatic rings. The molecule has 0 fully saturated rings. The van der Waals surface area contributed by atoms with Crippen LogP contribution in [0.15, 0.2) is 24.3 Å². The molecule has 4 nitrogen and oxygen atoms in total. The van der Waals surface area contributed by atoms with Gasteiger partial charge in [-0.25, -0.2) is 4.79 Å². The molecule has 2 N–H and O–H groups in total. The summed E-state index contributed by atoms with van der Waals surface area (Å²) < 4.78 is 0. The number of aromatic carboxylic acids is 1. The lowest BCUT2D eigenvalue weighted by Crippen LogP contribution is -2.10. The van der Waals surface area contributed by atoms with Gasteiger partial charge in [0.05, 0.1) is 12.0 Å². The Labute approximate surface area is 86.9 Å². The number of carbonyl (C=O) groups excluding carboxylic acids is 1. The minimum atomic E-state index is -1.00. The molecule has 15 heavy (non-hydrogen) atoms. The van der Waals surface area contributed by atoms with Crippen molar-refractivity contribution < 1.29 is 14.7 Å². The van der Waals surface area contributed by atoms with E-state index in [0.717, 1.165) is 0 Å². The summed E-state index contributed by atoms with van der Waals surface area (Å²) in [5.41, 5.74) is 0.699. The standard InChI is InChI=1S/C11H9NO3/c1-2-3-10(13)12-9-6-4-8(5-7-9)11(14)15/h1,4-7H,3H2,(H,12,13)(H,14,15). The Kier molecular flexibility index (Phi) is 3.47. The number of hydrogen-bond donors (Lipinski definition) is 2. The summed E-state index contributed by atoms with van der Waals surface area (Å²) in [6, 6.07) is 5.84. The van der Waals surface area contributed by atoms with Gasteiger partial charge in [-0.15, -0.1) is 6.42 Å². The van der Waals surface area contributed by atoms with E-state index < -0.39 is 5.97 Å². The van der Waals surface area contributed by atoms with Crippen molar-refractivity contribution in [3.05, 3.63) is 29.8 Å². The van der Waals surface area contributed by atoms with E-state index in [-0.39, 0.29) is 17.9 Å². The van der Waals surface area contributed by atoms with Gasteiger partial charge in [0.2, 0.25) is 5.91 Å². The van der Waals surface area contributed by atoms with Gasteiger partial charge < -0.3 is 10.4 Å². The second kappa shape index (κ2) is 4.82. The molecule has 0 aromatic heterocycles. The minimum absolute atomic E-state index is 0.000677. The number of carboxylic acid groups (broad SMARTS) is 1. The van der Waals surface area contributed by atoms with E-state index in [9.17, 15) is 9.59 Å². The van der Waals surface area contributed by atoms with Crippen molar-refractivity contribution >= 4 is 17.6 Å². The molecule has 1 rings (SSSR count). The highest BCUT2D eigenvalue weighted by Crippen LogP contribution is 2.09. The fourth-order valence-corrected chi connectivity index (χ4v) is 0.994. The van der Waals surface area contributed by atoms with Crippen LogP contribution in [0.1, 0.15) is 16.8 Å². The van der Waals surface area contributed by atoms with Crippen molar-refractivity contribution in [1.29, 1.82) is 0 Å². The summed E-state index contributed by atoms with van der Waals surface area (Å²) in [6.07, 6.45) is 4.96. The average Bonchev–Trinajstić information content (AvgIpc) is 2.18. The fraction of sp³-hybridized carbons (Fsp3) is 0.0909. The number of nitrogens with one attached hydrogen (secondary N) is 1. The monoisotopic (exact) mass is 203 g/mol. The number of amides is 1. The Bertz CT molecular complexity index is 414. The van der Waals surface area contributed by atoms with Gasteiger partial charge in [-0.1, -0.05) is 5.92 Å². The molecule has 0 atom stereocenters. The lowest BCUT2D eigenvalue weighted by molar-refractivity contribution is -0.115. The molecular weight excluding hydrogens is 194 g/mol. The SMILES string of the molecule is C#CCC(=O)Nc1ccc(C(=O)O)cc1. The van der Waals surface area contributed by atoms with E-state index >= 15 is 0 Å². The summed E-state index contributed by atoms with van der Waals surface area (Å²) in [7, 11) is 0. The molecule has 0 aliphatic heterocycles. The maximum Gasteiger partial charge on any atom is 0.335 e. The molecule has 4 heteroatoms. The van der Waals surface area contributed by atoms with Crippen LogP contribution in [0.25, 0.3) is 0 Å². The Balaban J connectivity index is 2.69. The predicted octanol–water partition coefficient (Wildman–Crippen LogP) is 1.35. The summed E-state index contributed by atoms with van der Waals surface area (Å²) >= 11 is 0. The Morgan fingerprint density at radius 2 is 1.93 bits per heavy atom. The molecule has 0 aliphatic carbocycles. The third-order valence-corrected chi connectivity index (χ3v) is 1.68. The maximum absolute atomic E-state index is 11.1. The minimum Gasteiger partial charge on any atom is -0.478 e. The maximum atomic E-state index is 11.1. The van der Waals surface area contributed by atoms with Gasteiger partial charge in [0.1, 0.15) is 0 Å². The van der Waals surface area contributed by atoms with Crippen LogP contribution < -0.4 is 5.32 Å². The summed E-state index contributed by atoms with van der Waals surface area (Å²) in [6.45, 7) is 0. The lowest BCUT2D eigenvalue weighted by atomic mass is 10.2. The Morgan fingerprint density at radius 1 is 1.33 bits per heavy atom. The van der Waals surface area contributed by atoms with E-state index in [4.69, 9.17) is 11.5 Å². The summed E-state index contributed by atoms with van der Waals surface area (Å²) in [5, 5.41) is 11.2. The van der Waals surface area contributed by atoms with Gasteiger partial charge in [0, 0.05) is 5.69 Å². The van der Waals surface area contributed by atoms with Crippen LogP contribution in [0.5, 0.6) is 0 Å². The Hall–Kier alpha value is -2.28. The number of terminal acetylenes is 1. The van der Waals surface area contributed by atoms with Gasteiger partial charge in [-0.3, -0.25) is 4.79 Å². The average molecular weight is 203 g/mol. The van der Waals surface area contributed by atoms with Crippen molar-refractivity contribution in [2.75, 3.05) is 5.32 Å². The number of benzene rings is 1. The van der Waals surface area contributed by atoms with Gasteiger partial charge in [0.15, 0.2) is 0 Å². The van der Waals surface area contributed by atoms with Gasteiger partial charge in [-0.05, 0) is 24.3 Å². The zero-order valence-electron chi connectivity index (χ0n) is 7.86. The van der Waals surface area contributed by atoms with E-state index in [1.54, 1.807) is 0 Å². The largest absolute Gasteiger partial charge is 0.478 e. The first-order valence-corrected chi connectivity index (χ1v) is 4.20. The van der Waals surface area contributed by atoms with Gasteiger partial charge in [0.25, 0.3) is 0 Å². The number of carbonyl (C=O) groups is 2. The second-order valence-corrected chi connectivity index (χ2v) is 2.81. The Morgan fingerprint density at radius 3 is 2.40 bits per heavy atom. The van der Waals surface area contributed by atoms with Crippen molar-refractivity contribution in [3.63, 3.8) is 0 Å². The van der Waals surface area contributed by atoms with Crippen LogP contribution in [0.4, 0.5) is 5.69 Å². The summed E-state index contributed by atoms with van der Waals surface area (Å²) in [5.74, 6) is 0.917. The fourth-order valence-electron chi connectivity index (χ4n) is 0.994. The molecule has 0 saturated heterocycles. The van der Waals surface area contributed by atoms with Crippen LogP contribution >= 0.6 is 0 Å². The predicted molar refractivity (Wildman–Crippen MR) is 55.5 cm³/mol. The number of carboxylic acids is 1. The molecule has 1 aromatic rings. The zero-order chi connectivity index (χ0) is 11.3. The smallest absolute Gasteiger partial charge is 0.335 e. The number of hydrogen-bond acceptors (Lipinski definition) is 2. The quantitative estimate of drug-likeness (QED) is 0.728. The highest BCUT2D eigenvalue weighted by atomic mass is 16.4. The van der Waals surface area contributed by atoms with Crippen LogP contribution in [0.3, 0.4) is 0 Å². The first kappa shape index (κ1) is 10.8. The lowest BCUT2D eigenvalue weighted by Gasteiger charge is -2.02. The molecule has 1 aromatic carbocycles. The summed E-state index contributed by atoms with van der Waals surface area (Å²) in [4.78, 5) is 21.6. The first-order chi connectivity index (χ1) is 7.13. The van der Waals surface area contributed by atoms with Gasteiger partial charge in [-0.2, -0.15) is 0 Å². The van der Waals surface area contributed by atoms with Crippen molar-refractivity contribution in [3.8, 4) is 12.3 Å². The molecule has 0 radical (unpaired) electrons. The van der Waals surface area contributed by atoms with E-state index in [2.05, 4.69) is 11.2 Å². The molecule has 0 bridgehead atoms. The highest BCUT2D eigenvalue weighted by Gasteiger charge is 2.03. The van der Waals surface area contributed by atoms with Gasteiger partial charge >= 0.3 is 5.97 Å². The topological polar surface area (TPSA) is 66.4 Å². The molecule has 0 spiro atoms. The van der Waals surface area contributed by atoms with Crippen LogP contribution in [0, 0.1) is 12.3 Å². The number of rotatable bonds is 3. The van der Waals surface area contributed by atoms with Crippen LogP contribution in [-0.4, -0.2) is 17.0 Å². The first-order valence-electron chi connectivity index (χ1n) is 4.20.